The molecule has 0 radical (unpaired) electrons. The van der Waals surface area contributed by atoms with E-state index in [9.17, 15) is 9.36 Å². The number of hydrogen-bond donors (Lipinski definition) is 0. The van der Waals surface area contributed by atoms with Crippen LogP contribution in [0.1, 0.15) is 72.1 Å². The van der Waals surface area contributed by atoms with E-state index < -0.39 is 12.8 Å². The molecule has 27 heavy (non-hydrogen) atoms. The van der Waals surface area contributed by atoms with Crippen LogP contribution in [0, 0.1) is 0 Å². The zero-order valence-corrected chi connectivity index (χ0v) is 19.4. The number of rotatable bonds is 6. The molecule has 0 atom stereocenters. The van der Waals surface area contributed by atoms with Gasteiger partial charge in [-0.05, 0) is 47.4 Å². The lowest BCUT2D eigenvalue weighted by Crippen LogP contribution is -2.31. The number of carbonyl (C=O) groups is 1. The summed E-state index contributed by atoms with van der Waals surface area (Å²) in [6, 6.07) is 6.42. The fraction of sp³-hybridized carbons (Fsp3) is 0.591. The van der Waals surface area contributed by atoms with E-state index >= 15 is 0 Å². The molecule has 0 bridgehead atoms. The van der Waals surface area contributed by atoms with Crippen molar-refractivity contribution in [3.63, 3.8) is 0 Å². The number of benzene rings is 1. The van der Waals surface area contributed by atoms with Crippen molar-refractivity contribution in [2.24, 2.45) is 0 Å². The van der Waals surface area contributed by atoms with Crippen LogP contribution >= 0.6 is 7.60 Å². The quantitative estimate of drug-likeness (QED) is 0.430. The Morgan fingerprint density at radius 2 is 1.26 bits per heavy atom. The van der Waals surface area contributed by atoms with E-state index in [4.69, 9.17) is 9.05 Å². The highest BCUT2D eigenvalue weighted by Gasteiger charge is 2.46. The lowest BCUT2D eigenvalue weighted by molar-refractivity contribution is -0.116. The van der Waals surface area contributed by atoms with Crippen LogP contribution in [0.15, 0.2) is 24.3 Å². The van der Waals surface area contributed by atoms with Gasteiger partial charge < -0.3 is 9.05 Å². The first-order valence-corrected chi connectivity index (χ1v) is 10.7. The van der Waals surface area contributed by atoms with Gasteiger partial charge in [0, 0.05) is 14.2 Å². The fourth-order valence-electron chi connectivity index (χ4n) is 2.66. The third kappa shape index (κ3) is 5.40. The Bertz CT molecular complexity index is 721. The molecule has 0 unspecified atom stereocenters. The Labute approximate surface area is 164 Å². The van der Waals surface area contributed by atoms with Crippen LogP contribution in [0.2, 0.25) is 0 Å². The van der Waals surface area contributed by atoms with Gasteiger partial charge >= 0.3 is 7.60 Å². The molecule has 152 valence electrons. The van der Waals surface area contributed by atoms with Gasteiger partial charge in [-0.15, -0.1) is 0 Å². The van der Waals surface area contributed by atoms with Gasteiger partial charge in [0.1, 0.15) is 5.16 Å². The molecular weight excluding hydrogens is 359 g/mol. The first-order valence-electron chi connectivity index (χ1n) is 9.18. The molecular formula is C22H35O4P. The van der Waals surface area contributed by atoms with Crippen LogP contribution in [0.5, 0.6) is 0 Å². The van der Waals surface area contributed by atoms with E-state index in [1.165, 1.54) is 31.4 Å². The van der Waals surface area contributed by atoms with E-state index in [1.807, 2.05) is 0 Å². The molecule has 0 aliphatic carbocycles. The number of hydrogen-bond acceptors (Lipinski definition) is 4. The molecule has 0 saturated heterocycles. The second kappa shape index (κ2) is 8.03. The van der Waals surface area contributed by atoms with Crippen LogP contribution < -0.4 is 0 Å². The molecule has 0 N–H and O–H groups in total. The molecule has 1 rings (SSSR count). The summed E-state index contributed by atoms with van der Waals surface area (Å²) in [7, 11) is -0.940. The minimum Gasteiger partial charge on any atom is -0.311 e. The van der Waals surface area contributed by atoms with E-state index in [0.717, 1.165) is 5.56 Å². The van der Waals surface area contributed by atoms with Gasteiger partial charge in [0.15, 0.2) is 5.78 Å². The van der Waals surface area contributed by atoms with Crippen molar-refractivity contribution >= 4 is 19.5 Å². The van der Waals surface area contributed by atoms with Gasteiger partial charge in [0.25, 0.3) is 0 Å². The average Bonchev–Trinajstić information content (AvgIpc) is 2.56. The molecule has 0 fully saturated rings. The van der Waals surface area contributed by atoms with Crippen molar-refractivity contribution < 1.29 is 18.4 Å². The van der Waals surface area contributed by atoms with Gasteiger partial charge in [0.2, 0.25) is 0 Å². The van der Waals surface area contributed by atoms with E-state index in [1.54, 1.807) is 19.9 Å². The normalized spacial score (nSPS) is 14.0. The second-order valence-corrected chi connectivity index (χ2v) is 12.3. The van der Waals surface area contributed by atoms with Crippen molar-refractivity contribution in [3.05, 3.63) is 41.0 Å². The maximum Gasteiger partial charge on any atom is 0.343 e. The topological polar surface area (TPSA) is 52.6 Å². The van der Waals surface area contributed by atoms with Crippen LogP contribution in [0.25, 0.3) is 6.08 Å². The predicted octanol–water partition coefficient (Wildman–Crippen LogP) is 6.13. The van der Waals surface area contributed by atoms with Crippen molar-refractivity contribution in [2.75, 3.05) is 14.2 Å². The lowest BCUT2D eigenvalue weighted by atomic mass is 9.79. The summed E-state index contributed by atoms with van der Waals surface area (Å²) in [5.74, 6) is -0.298. The van der Waals surface area contributed by atoms with Gasteiger partial charge in [-0.2, -0.15) is 0 Å². The molecule has 1 aromatic carbocycles. The Kier molecular flexibility index (Phi) is 7.08. The maximum absolute atomic E-state index is 12.7. The summed E-state index contributed by atoms with van der Waals surface area (Å²) in [5, 5.41) is -1.26. The van der Waals surface area contributed by atoms with Gasteiger partial charge in [0.05, 0.1) is 0 Å². The van der Waals surface area contributed by atoms with Crippen molar-refractivity contribution in [3.8, 4) is 0 Å². The highest BCUT2D eigenvalue weighted by atomic mass is 31.2. The Morgan fingerprint density at radius 3 is 1.59 bits per heavy atom. The molecule has 0 aliphatic heterocycles. The number of ketones is 1. The van der Waals surface area contributed by atoms with Gasteiger partial charge in [-0.1, -0.05) is 65.8 Å². The molecule has 1 aromatic rings. The summed E-state index contributed by atoms with van der Waals surface area (Å²) in [5.41, 5.74) is 3.35. The van der Waals surface area contributed by atoms with E-state index in [0.29, 0.717) is 0 Å². The van der Waals surface area contributed by atoms with Crippen LogP contribution in [-0.2, 0) is 29.2 Å². The summed E-state index contributed by atoms with van der Waals surface area (Å²) < 4.78 is 22.8. The SMILES string of the molecule is COP(=O)(OC)C(C)(C)C(=O)C=Cc1cc(C(C)(C)C)cc(C(C)(C)C)c1. The van der Waals surface area contributed by atoms with Crippen LogP contribution in [-0.4, -0.2) is 25.2 Å². The summed E-state index contributed by atoms with van der Waals surface area (Å²) in [6.45, 7) is 16.2. The Morgan fingerprint density at radius 1 is 0.852 bits per heavy atom. The van der Waals surface area contributed by atoms with Crippen molar-refractivity contribution in [1.29, 1.82) is 0 Å². The average molecular weight is 394 g/mol. The molecule has 0 spiro atoms. The number of carbonyl (C=O) groups excluding carboxylic acids is 1. The standard InChI is InChI=1S/C22H35O4P/c1-20(2,3)17-13-16(14-18(15-17)21(4,5)6)11-12-19(23)22(7,8)27(24,25-9)26-10/h11-15H,1-10H3. The third-order valence-corrected chi connectivity index (χ3v) is 7.43. The summed E-state index contributed by atoms with van der Waals surface area (Å²) in [4.78, 5) is 12.7. The minimum atomic E-state index is -3.53. The highest BCUT2D eigenvalue weighted by molar-refractivity contribution is 7.56. The first-order chi connectivity index (χ1) is 12.1. The van der Waals surface area contributed by atoms with Crippen molar-refractivity contribution in [2.45, 2.75) is 71.4 Å². The molecule has 0 saturated carbocycles. The first kappa shape index (κ1) is 23.8. The molecule has 5 heteroatoms. The molecule has 0 amide bonds. The monoisotopic (exact) mass is 394 g/mol. The summed E-state index contributed by atoms with van der Waals surface area (Å²) in [6.07, 6.45) is 3.25. The van der Waals surface area contributed by atoms with E-state index in [2.05, 4.69) is 59.7 Å². The second-order valence-electron chi connectivity index (χ2n) is 9.46. The summed E-state index contributed by atoms with van der Waals surface area (Å²) >= 11 is 0. The third-order valence-electron chi connectivity index (χ3n) is 4.88. The smallest absolute Gasteiger partial charge is 0.311 e. The molecule has 0 aliphatic rings. The molecule has 0 aromatic heterocycles. The van der Waals surface area contributed by atoms with Gasteiger partial charge in [-0.25, -0.2) is 0 Å². The largest absolute Gasteiger partial charge is 0.343 e. The Hall–Kier alpha value is -1.22. The van der Waals surface area contributed by atoms with Crippen LogP contribution in [0.4, 0.5) is 0 Å². The predicted molar refractivity (Wildman–Crippen MR) is 114 cm³/mol. The van der Waals surface area contributed by atoms with E-state index in [-0.39, 0.29) is 16.6 Å². The molecule has 4 nitrogen and oxygen atoms in total. The molecule has 0 heterocycles. The van der Waals surface area contributed by atoms with Crippen LogP contribution in [0.3, 0.4) is 0 Å². The Balaban J connectivity index is 3.35. The fourth-order valence-corrected chi connectivity index (χ4v) is 4.06. The van der Waals surface area contributed by atoms with Crippen molar-refractivity contribution in [1.82, 2.24) is 0 Å². The minimum absolute atomic E-state index is 0.00503. The maximum atomic E-state index is 12.7. The lowest BCUT2D eigenvalue weighted by Gasteiger charge is -2.28. The zero-order chi connectivity index (χ0) is 21.3. The van der Waals surface area contributed by atoms with Gasteiger partial charge in [-0.3, -0.25) is 9.36 Å². The zero-order valence-electron chi connectivity index (χ0n) is 18.5. The highest BCUT2D eigenvalue weighted by Crippen LogP contribution is 2.59. The number of allylic oxidation sites excluding steroid dienone is 1.